The third-order valence-corrected chi connectivity index (χ3v) is 2.73. The van der Waals surface area contributed by atoms with Crippen molar-refractivity contribution in [1.82, 2.24) is 0 Å². The molecule has 13 heavy (non-hydrogen) atoms. The Morgan fingerprint density at radius 3 is 2.08 bits per heavy atom. The molecule has 0 bridgehead atoms. The van der Waals surface area contributed by atoms with Gasteiger partial charge in [0.15, 0.2) is 0 Å². The van der Waals surface area contributed by atoms with Gasteiger partial charge in [-0.05, 0) is 18.9 Å². The summed E-state index contributed by atoms with van der Waals surface area (Å²) in [5, 5.41) is 0. The molecule has 0 aliphatic carbocycles. The first kappa shape index (κ1) is 13.0. The SMILES string of the molecule is CCCCC(CCC)CCCCN. The summed E-state index contributed by atoms with van der Waals surface area (Å²) >= 11 is 0. The van der Waals surface area contributed by atoms with Gasteiger partial charge >= 0.3 is 0 Å². The summed E-state index contributed by atoms with van der Waals surface area (Å²) in [7, 11) is 0. The maximum atomic E-state index is 5.49. The summed E-state index contributed by atoms with van der Waals surface area (Å²) in [6, 6.07) is 0. The van der Waals surface area contributed by atoms with E-state index in [1.54, 1.807) is 0 Å². The molecule has 80 valence electrons. The first-order valence-corrected chi connectivity index (χ1v) is 6.05. The molecule has 1 nitrogen and oxygen atoms in total. The molecule has 1 unspecified atom stereocenters. The molecule has 1 atom stereocenters. The van der Waals surface area contributed by atoms with E-state index in [9.17, 15) is 0 Å². The van der Waals surface area contributed by atoms with Crippen LogP contribution in [0.25, 0.3) is 0 Å². The first-order chi connectivity index (χ1) is 6.35. The van der Waals surface area contributed by atoms with Crippen LogP contribution in [0.5, 0.6) is 0 Å². The van der Waals surface area contributed by atoms with E-state index in [4.69, 9.17) is 5.73 Å². The Morgan fingerprint density at radius 1 is 0.846 bits per heavy atom. The molecule has 0 aliphatic heterocycles. The summed E-state index contributed by atoms with van der Waals surface area (Å²) in [5.41, 5.74) is 5.49. The fourth-order valence-corrected chi connectivity index (χ4v) is 1.91. The Kier molecular flexibility index (Phi) is 10.0. The Labute approximate surface area is 84.1 Å². The predicted octanol–water partition coefficient (Wildman–Crippen LogP) is 3.72. The van der Waals surface area contributed by atoms with E-state index in [1.807, 2.05) is 0 Å². The van der Waals surface area contributed by atoms with Crippen LogP contribution < -0.4 is 5.73 Å². The van der Waals surface area contributed by atoms with Crippen molar-refractivity contribution in [3.63, 3.8) is 0 Å². The molecule has 0 rings (SSSR count). The van der Waals surface area contributed by atoms with Gasteiger partial charge in [-0.15, -0.1) is 0 Å². The van der Waals surface area contributed by atoms with Crippen molar-refractivity contribution in [1.29, 1.82) is 0 Å². The van der Waals surface area contributed by atoms with Crippen LogP contribution >= 0.6 is 0 Å². The van der Waals surface area contributed by atoms with Gasteiger partial charge in [-0.2, -0.15) is 0 Å². The van der Waals surface area contributed by atoms with Gasteiger partial charge < -0.3 is 5.73 Å². The Bertz CT molecular complexity index is 91.1. The molecule has 0 fully saturated rings. The second-order valence-corrected chi connectivity index (χ2v) is 4.08. The molecule has 0 heterocycles. The highest BCUT2D eigenvalue weighted by Gasteiger charge is 2.05. The average Bonchev–Trinajstić information content (AvgIpc) is 2.14. The summed E-state index contributed by atoms with van der Waals surface area (Å²) in [4.78, 5) is 0. The lowest BCUT2D eigenvalue weighted by Crippen LogP contribution is -2.03. The van der Waals surface area contributed by atoms with Gasteiger partial charge in [0.1, 0.15) is 0 Å². The van der Waals surface area contributed by atoms with Crippen LogP contribution in [0.15, 0.2) is 0 Å². The lowest BCUT2D eigenvalue weighted by Gasteiger charge is -2.14. The zero-order valence-electron chi connectivity index (χ0n) is 9.52. The van der Waals surface area contributed by atoms with Crippen molar-refractivity contribution in [3.05, 3.63) is 0 Å². The lowest BCUT2D eigenvalue weighted by molar-refractivity contribution is 0.388. The molecule has 0 aromatic carbocycles. The van der Waals surface area contributed by atoms with Crippen molar-refractivity contribution >= 4 is 0 Å². The molecular weight excluding hydrogens is 158 g/mol. The van der Waals surface area contributed by atoms with Crippen molar-refractivity contribution < 1.29 is 0 Å². The molecule has 0 aromatic heterocycles. The van der Waals surface area contributed by atoms with Crippen LogP contribution in [0.4, 0.5) is 0 Å². The standard InChI is InChI=1S/C12H27N/c1-3-5-9-12(8-4-2)10-6-7-11-13/h12H,3-11,13H2,1-2H3. The van der Waals surface area contributed by atoms with E-state index >= 15 is 0 Å². The summed E-state index contributed by atoms with van der Waals surface area (Å²) in [6.45, 7) is 5.44. The molecule has 0 radical (unpaired) electrons. The van der Waals surface area contributed by atoms with Crippen molar-refractivity contribution in [2.24, 2.45) is 11.7 Å². The van der Waals surface area contributed by atoms with Gasteiger partial charge in [-0.3, -0.25) is 0 Å². The van der Waals surface area contributed by atoms with Crippen molar-refractivity contribution in [2.75, 3.05) is 6.54 Å². The van der Waals surface area contributed by atoms with Crippen LogP contribution in [0.2, 0.25) is 0 Å². The van der Waals surface area contributed by atoms with Crippen LogP contribution in [-0.4, -0.2) is 6.54 Å². The van der Waals surface area contributed by atoms with Crippen LogP contribution in [0.1, 0.15) is 65.2 Å². The van der Waals surface area contributed by atoms with Crippen LogP contribution in [0, 0.1) is 5.92 Å². The number of hydrogen-bond donors (Lipinski definition) is 1. The average molecular weight is 185 g/mol. The molecule has 2 N–H and O–H groups in total. The number of unbranched alkanes of at least 4 members (excludes halogenated alkanes) is 2. The zero-order valence-corrected chi connectivity index (χ0v) is 9.52. The molecule has 0 saturated heterocycles. The van der Waals surface area contributed by atoms with E-state index in [0.717, 1.165) is 12.5 Å². The van der Waals surface area contributed by atoms with Gasteiger partial charge in [-0.1, -0.05) is 58.8 Å². The third-order valence-electron chi connectivity index (χ3n) is 2.73. The number of nitrogens with two attached hydrogens (primary N) is 1. The molecule has 1 heteroatoms. The van der Waals surface area contributed by atoms with Gasteiger partial charge in [-0.25, -0.2) is 0 Å². The lowest BCUT2D eigenvalue weighted by atomic mass is 9.92. The fraction of sp³-hybridized carbons (Fsp3) is 1.00. The Hall–Kier alpha value is -0.0400. The molecule has 0 saturated carbocycles. The van der Waals surface area contributed by atoms with E-state index in [2.05, 4.69) is 13.8 Å². The fourth-order valence-electron chi connectivity index (χ4n) is 1.91. The van der Waals surface area contributed by atoms with E-state index in [-0.39, 0.29) is 0 Å². The number of rotatable bonds is 9. The zero-order chi connectivity index (χ0) is 9.94. The highest BCUT2D eigenvalue weighted by atomic mass is 14.5. The molecular formula is C12H27N. The van der Waals surface area contributed by atoms with Gasteiger partial charge in [0.25, 0.3) is 0 Å². The van der Waals surface area contributed by atoms with Crippen LogP contribution in [-0.2, 0) is 0 Å². The monoisotopic (exact) mass is 185 g/mol. The largest absolute Gasteiger partial charge is 0.330 e. The summed E-state index contributed by atoms with van der Waals surface area (Å²) < 4.78 is 0. The van der Waals surface area contributed by atoms with Crippen LogP contribution in [0.3, 0.4) is 0 Å². The van der Waals surface area contributed by atoms with Gasteiger partial charge in [0, 0.05) is 0 Å². The third kappa shape index (κ3) is 8.29. The normalized spacial score (nSPS) is 13.2. The second kappa shape index (κ2) is 10.0. The van der Waals surface area contributed by atoms with Gasteiger partial charge in [0.05, 0.1) is 0 Å². The maximum absolute atomic E-state index is 5.49. The highest BCUT2D eigenvalue weighted by Crippen LogP contribution is 2.20. The summed E-state index contributed by atoms with van der Waals surface area (Å²) in [6.07, 6.45) is 10.9. The minimum Gasteiger partial charge on any atom is -0.330 e. The highest BCUT2D eigenvalue weighted by molar-refractivity contribution is 4.59. The molecule has 0 aromatic rings. The minimum atomic E-state index is 0.868. The minimum absolute atomic E-state index is 0.868. The molecule has 0 spiro atoms. The molecule has 0 aliphatic rings. The maximum Gasteiger partial charge on any atom is -0.00773 e. The van der Waals surface area contributed by atoms with Crippen molar-refractivity contribution in [2.45, 2.75) is 65.2 Å². The number of hydrogen-bond acceptors (Lipinski definition) is 1. The first-order valence-electron chi connectivity index (χ1n) is 6.05. The Balaban J connectivity index is 3.41. The quantitative estimate of drug-likeness (QED) is 0.544. The van der Waals surface area contributed by atoms with E-state index < -0.39 is 0 Å². The topological polar surface area (TPSA) is 26.0 Å². The van der Waals surface area contributed by atoms with Gasteiger partial charge in [0.2, 0.25) is 0 Å². The molecule has 0 amide bonds. The summed E-state index contributed by atoms with van der Waals surface area (Å²) in [5.74, 6) is 0.983. The predicted molar refractivity (Wildman–Crippen MR) is 60.8 cm³/mol. The van der Waals surface area contributed by atoms with E-state index in [1.165, 1.54) is 51.4 Å². The van der Waals surface area contributed by atoms with Crippen molar-refractivity contribution in [3.8, 4) is 0 Å². The second-order valence-electron chi connectivity index (χ2n) is 4.08. The van der Waals surface area contributed by atoms with E-state index in [0.29, 0.717) is 0 Å². The Morgan fingerprint density at radius 2 is 1.54 bits per heavy atom. The smallest absolute Gasteiger partial charge is 0.00773 e.